The van der Waals surface area contributed by atoms with Crippen molar-refractivity contribution in [2.24, 2.45) is 0 Å². The molecule has 1 aliphatic rings. The Kier molecular flexibility index (Phi) is 7.55. The molecule has 2 rings (SSSR count). The number of hydrogen-bond donors (Lipinski definition) is 2. The van der Waals surface area contributed by atoms with Crippen LogP contribution in [-0.4, -0.2) is 36.2 Å². The Balaban J connectivity index is 0.00000128. The van der Waals surface area contributed by atoms with Gasteiger partial charge < -0.3 is 10.4 Å². The van der Waals surface area contributed by atoms with Crippen molar-refractivity contribution in [3.63, 3.8) is 0 Å². The first kappa shape index (κ1) is 16.5. The second-order valence-corrected chi connectivity index (χ2v) is 4.06. The summed E-state index contributed by atoms with van der Waals surface area (Å²) in [7, 11) is 0. The molecular formula is C12H20Cl2N2O. The number of halogens is 2. The van der Waals surface area contributed by atoms with Crippen LogP contribution in [0.3, 0.4) is 0 Å². The van der Waals surface area contributed by atoms with Crippen molar-refractivity contribution in [1.82, 2.24) is 10.2 Å². The van der Waals surface area contributed by atoms with Gasteiger partial charge in [0.1, 0.15) is 5.75 Å². The molecule has 98 valence electrons. The smallest absolute Gasteiger partial charge is 0.115 e. The molecule has 3 nitrogen and oxygen atoms in total. The summed E-state index contributed by atoms with van der Waals surface area (Å²) in [5.41, 5.74) is 1.19. The Morgan fingerprint density at radius 3 is 2.47 bits per heavy atom. The number of phenols is 1. The number of benzene rings is 1. The summed E-state index contributed by atoms with van der Waals surface area (Å²) in [6, 6.07) is 7.94. The van der Waals surface area contributed by atoms with Crippen LogP contribution in [0.1, 0.15) is 18.5 Å². The van der Waals surface area contributed by atoms with E-state index in [0.717, 1.165) is 26.2 Å². The summed E-state index contributed by atoms with van der Waals surface area (Å²) >= 11 is 0. The molecule has 1 saturated heterocycles. The fourth-order valence-corrected chi connectivity index (χ4v) is 2.06. The second kappa shape index (κ2) is 7.77. The van der Waals surface area contributed by atoms with Crippen molar-refractivity contribution >= 4 is 24.8 Å². The number of piperazine rings is 1. The van der Waals surface area contributed by atoms with Crippen LogP contribution in [0.15, 0.2) is 24.3 Å². The minimum Gasteiger partial charge on any atom is -0.508 e. The first-order chi connectivity index (χ1) is 7.27. The normalized spacial score (nSPS) is 17.7. The molecule has 1 aromatic carbocycles. The Morgan fingerprint density at radius 2 is 1.88 bits per heavy atom. The van der Waals surface area contributed by atoms with Gasteiger partial charge in [0.15, 0.2) is 0 Å². The number of aromatic hydroxyl groups is 1. The highest BCUT2D eigenvalue weighted by Gasteiger charge is 2.17. The molecule has 1 fully saturated rings. The predicted molar refractivity (Wildman–Crippen MR) is 75.5 cm³/mol. The van der Waals surface area contributed by atoms with Crippen LogP contribution < -0.4 is 5.32 Å². The average molecular weight is 279 g/mol. The molecule has 0 unspecified atom stereocenters. The summed E-state index contributed by atoms with van der Waals surface area (Å²) in [6.07, 6.45) is 0. The molecule has 0 bridgehead atoms. The first-order valence-corrected chi connectivity index (χ1v) is 5.51. The third kappa shape index (κ3) is 4.36. The lowest BCUT2D eigenvalue weighted by Gasteiger charge is -2.33. The third-order valence-corrected chi connectivity index (χ3v) is 3.05. The van der Waals surface area contributed by atoms with Gasteiger partial charge in [-0.25, -0.2) is 0 Å². The summed E-state index contributed by atoms with van der Waals surface area (Å²) in [5, 5.41) is 12.8. The monoisotopic (exact) mass is 278 g/mol. The van der Waals surface area contributed by atoms with Crippen molar-refractivity contribution in [2.75, 3.05) is 26.2 Å². The van der Waals surface area contributed by atoms with Gasteiger partial charge in [-0.2, -0.15) is 0 Å². The van der Waals surface area contributed by atoms with E-state index in [-0.39, 0.29) is 24.8 Å². The zero-order valence-electron chi connectivity index (χ0n) is 9.93. The van der Waals surface area contributed by atoms with Crippen LogP contribution in [-0.2, 0) is 0 Å². The zero-order chi connectivity index (χ0) is 10.7. The Bertz CT molecular complexity index is 330. The van der Waals surface area contributed by atoms with Crippen LogP contribution >= 0.6 is 24.8 Å². The SMILES string of the molecule is C[C@H](c1cccc(O)c1)N1CCNCC1.Cl.Cl. The van der Waals surface area contributed by atoms with Gasteiger partial charge >= 0.3 is 0 Å². The Morgan fingerprint density at radius 1 is 1.24 bits per heavy atom. The summed E-state index contributed by atoms with van der Waals surface area (Å²) in [6.45, 7) is 6.47. The standard InChI is InChI=1S/C12H18N2O.2ClH/c1-10(14-7-5-13-6-8-14)11-3-2-4-12(15)9-11;;/h2-4,9-10,13,15H,5-8H2,1H3;2*1H/t10-;;/m1../s1. The van der Waals surface area contributed by atoms with E-state index in [1.165, 1.54) is 5.56 Å². The quantitative estimate of drug-likeness (QED) is 0.871. The highest BCUT2D eigenvalue weighted by molar-refractivity contribution is 5.85. The molecule has 0 amide bonds. The van der Waals surface area contributed by atoms with Crippen LogP contribution in [0, 0.1) is 0 Å². The molecule has 5 heteroatoms. The fourth-order valence-electron chi connectivity index (χ4n) is 2.06. The average Bonchev–Trinajstić information content (AvgIpc) is 2.29. The molecule has 0 saturated carbocycles. The van der Waals surface area contributed by atoms with Gasteiger partial charge in [-0.3, -0.25) is 4.90 Å². The largest absolute Gasteiger partial charge is 0.508 e. The van der Waals surface area contributed by atoms with Crippen molar-refractivity contribution in [3.05, 3.63) is 29.8 Å². The molecular weight excluding hydrogens is 259 g/mol. The van der Waals surface area contributed by atoms with E-state index in [4.69, 9.17) is 0 Å². The lowest BCUT2D eigenvalue weighted by Crippen LogP contribution is -2.44. The third-order valence-electron chi connectivity index (χ3n) is 3.05. The van der Waals surface area contributed by atoms with E-state index >= 15 is 0 Å². The van der Waals surface area contributed by atoms with E-state index in [0.29, 0.717) is 11.8 Å². The molecule has 1 aliphatic heterocycles. The van der Waals surface area contributed by atoms with Gasteiger partial charge in [-0.05, 0) is 24.6 Å². The van der Waals surface area contributed by atoms with Crippen molar-refractivity contribution in [3.8, 4) is 5.75 Å². The maximum atomic E-state index is 9.43. The van der Waals surface area contributed by atoms with Gasteiger partial charge in [0.2, 0.25) is 0 Å². The maximum absolute atomic E-state index is 9.43. The zero-order valence-corrected chi connectivity index (χ0v) is 11.6. The van der Waals surface area contributed by atoms with Gasteiger partial charge in [-0.1, -0.05) is 12.1 Å². The second-order valence-electron chi connectivity index (χ2n) is 4.06. The topological polar surface area (TPSA) is 35.5 Å². The van der Waals surface area contributed by atoms with Gasteiger partial charge in [0, 0.05) is 32.2 Å². The summed E-state index contributed by atoms with van der Waals surface area (Å²) in [5.74, 6) is 0.356. The van der Waals surface area contributed by atoms with E-state index in [9.17, 15) is 5.11 Å². The molecule has 0 radical (unpaired) electrons. The fraction of sp³-hybridized carbons (Fsp3) is 0.500. The number of rotatable bonds is 2. The number of nitrogens with one attached hydrogen (secondary N) is 1. The van der Waals surface area contributed by atoms with Crippen LogP contribution in [0.5, 0.6) is 5.75 Å². The predicted octanol–water partition coefficient (Wildman–Crippen LogP) is 2.20. The highest BCUT2D eigenvalue weighted by Crippen LogP contribution is 2.23. The molecule has 0 aliphatic carbocycles. The van der Waals surface area contributed by atoms with E-state index in [1.807, 2.05) is 12.1 Å². The number of nitrogens with zero attached hydrogens (tertiary/aromatic N) is 1. The molecule has 2 N–H and O–H groups in total. The molecule has 0 spiro atoms. The lowest BCUT2D eigenvalue weighted by molar-refractivity contribution is 0.185. The first-order valence-electron chi connectivity index (χ1n) is 5.51. The minimum absolute atomic E-state index is 0. The maximum Gasteiger partial charge on any atom is 0.115 e. The van der Waals surface area contributed by atoms with Crippen molar-refractivity contribution in [2.45, 2.75) is 13.0 Å². The van der Waals surface area contributed by atoms with Gasteiger partial charge in [0.05, 0.1) is 0 Å². The molecule has 1 heterocycles. The highest BCUT2D eigenvalue weighted by atomic mass is 35.5. The lowest BCUT2D eigenvalue weighted by atomic mass is 10.1. The molecule has 17 heavy (non-hydrogen) atoms. The van der Waals surface area contributed by atoms with Crippen molar-refractivity contribution in [1.29, 1.82) is 0 Å². The molecule has 1 aromatic rings. The summed E-state index contributed by atoms with van der Waals surface area (Å²) < 4.78 is 0. The Hall–Kier alpha value is -0.480. The van der Waals surface area contributed by atoms with Crippen molar-refractivity contribution < 1.29 is 5.11 Å². The summed E-state index contributed by atoms with van der Waals surface area (Å²) in [4.78, 5) is 2.44. The van der Waals surface area contributed by atoms with Crippen LogP contribution in [0.4, 0.5) is 0 Å². The number of phenolic OH excluding ortho intramolecular Hbond substituents is 1. The van der Waals surface area contributed by atoms with Gasteiger partial charge in [-0.15, -0.1) is 24.8 Å². The Labute approximate surface area is 115 Å². The molecule has 1 atom stereocenters. The van der Waals surface area contributed by atoms with E-state index < -0.39 is 0 Å². The van der Waals surface area contributed by atoms with Crippen LogP contribution in [0.2, 0.25) is 0 Å². The van der Waals surface area contributed by atoms with Crippen LogP contribution in [0.25, 0.3) is 0 Å². The van der Waals surface area contributed by atoms with Gasteiger partial charge in [0.25, 0.3) is 0 Å². The number of hydrogen-bond acceptors (Lipinski definition) is 3. The minimum atomic E-state index is 0. The molecule has 0 aromatic heterocycles. The van der Waals surface area contributed by atoms with E-state index in [1.54, 1.807) is 6.07 Å². The van der Waals surface area contributed by atoms with E-state index in [2.05, 4.69) is 23.2 Å².